The summed E-state index contributed by atoms with van der Waals surface area (Å²) in [6, 6.07) is 5.17. The molecule has 4 rings (SSSR count). The van der Waals surface area contributed by atoms with Gasteiger partial charge in [0.25, 0.3) is 4.84 Å². The molecule has 0 aliphatic carbocycles. The van der Waals surface area contributed by atoms with Crippen molar-refractivity contribution in [1.29, 1.82) is 0 Å². The summed E-state index contributed by atoms with van der Waals surface area (Å²) in [5, 5.41) is 4.61. The zero-order chi connectivity index (χ0) is 20.9. The van der Waals surface area contributed by atoms with Gasteiger partial charge in [-0.3, -0.25) is 14.7 Å². The standard InChI is InChI=1S/C21H30FN5O2S/c1-28-19-6-5-17(13-18(19)22)14-25-9-11-26(12-10-25)16-27-21(30)29-20(23-27)15-24-7-3-2-4-8-24/h5-6,13H,2-4,7-12,14-16H2,1H3. The van der Waals surface area contributed by atoms with E-state index in [4.69, 9.17) is 21.4 Å². The van der Waals surface area contributed by atoms with Crippen molar-refractivity contribution < 1.29 is 13.5 Å². The van der Waals surface area contributed by atoms with Crippen LogP contribution < -0.4 is 4.74 Å². The molecule has 0 radical (unpaired) electrons. The van der Waals surface area contributed by atoms with Crippen LogP contribution in [-0.4, -0.2) is 70.9 Å². The van der Waals surface area contributed by atoms with Gasteiger partial charge in [0.2, 0.25) is 5.89 Å². The van der Waals surface area contributed by atoms with Gasteiger partial charge in [0.1, 0.15) is 0 Å². The molecule has 30 heavy (non-hydrogen) atoms. The summed E-state index contributed by atoms with van der Waals surface area (Å²) >= 11 is 5.38. The van der Waals surface area contributed by atoms with Crippen molar-refractivity contribution in [3.8, 4) is 5.75 Å². The first-order valence-corrected chi connectivity index (χ1v) is 11.1. The van der Waals surface area contributed by atoms with Gasteiger partial charge in [-0.15, -0.1) is 5.10 Å². The fraction of sp³-hybridized carbons (Fsp3) is 0.619. The maximum atomic E-state index is 13.9. The number of hydrogen-bond donors (Lipinski definition) is 0. The van der Waals surface area contributed by atoms with Crippen LogP contribution in [0.1, 0.15) is 30.7 Å². The molecule has 0 spiro atoms. The zero-order valence-electron chi connectivity index (χ0n) is 17.6. The number of nitrogens with zero attached hydrogens (tertiary/aromatic N) is 5. The number of likely N-dealkylation sites (tertiary alicyclic amines) is 1. The van der Waals surface area contributed by atoms with Crippen LogP contribution in [0.5, 0.6) is 5.75 Å². The van der Waals surface area contributed by atoms with Crippen molar-refractivity contribution >= 4 is 12.2 Å². The molecule has 7 nitrogen and oxygen atoms in total. The molecule has 2 aliphatic rings. The number of ether oxygens (including phenoxy) is 1. The molecular formula is C21H30FN5O2S. The van der Waals surface area contributed by atoms with Gasteiger partial charge in [-0.1, -0.05) is 12.5 Å². The van der Waals surface area contributed by atoms with E-state index in [0.29, 0.717) is 17.4 Å². The molecule has 1 aromatic heterocycles. The lowest BCUT2D eigenvalue weighted by Gasteiger charge is -2.34. The molecule has 0 N–H and O–H groups in total. The van der Waals surface area contributed by atoms with Crippen molar-refractivity contribution in [2.75, 3.05) is 46.4 Å². The normalized spacial score (nSPS) is 19.3. The minimum Gasteiger partial charge on any atom is -0.494 e. The van der Waals surface area contributed by atoms with Crippen molar-refractivity contribution in [1.82, 2.24) is 24.5 Å². The summed E-state index contributed by atoms with van der Waals surface area (Å²) in [5.74, 6) is 0.684. The predicted molar refractivity (Wildman–Crippen MR) is 114 cm³/mol. The highest BCUT2D eigenvalue weighted by Gasteiger charge is 2.20. The molecule has 2 saturated heterocycles. The quantitative estimate of drug-likeness (QED) is 0.620. The molecule has 164 valence electrons. The van der Waals surface area contributed by atoms with E-state index in [1.165, 1.54) is 26.4 Å². The smallest absolute Gasteiger partial charge is 0.288 e. The monoisotopic (exact) mass is 435 g/mol. The lowest BCUT2D eigenvalue weighted by molar-refractivity contribution is 0.0972. The number of piperidine rings is 1. The third-order valence-corrected chi connectivity index (χ3v) is 6.17. The van der Waals surface area contributed by atoms with Crippen LogP contribution in [0.3, 0.4) is 0 Å². The summed E-state index contributed by atoms with van der Waals surface area (Å²) in [6.45, 7) is 7.99. The first kappa shape index (κ1) is 21.4. The number of rotatable bonds is 7. The first-order chi connectivity index (χ1) is 14.6. The van der Waals surface area contributed by atoms with Crippen LogP contribution in [-0.2, 0) is 19.8 Å². The number of hydrogen-bond acceptors (Lipinski definition) is 7. The first-order valence-electron chi connectivity index (χ1n) is 10.7. The zero-order valence-corrected chi connectivity index (χ0v) is 18.4. The maximum Gasteiger partial charge on any atom is 0.288 e. The minimum atomic E-state index is -0.311. The minimum absolute atomic E-state index is 0.285. The van der Waals surface area contributed by atoms with Gasteiger partial charge >= 0.3 is 0 Å². The molecule has 1 aromatic carbocycles. The molecule has 2 fully saturated rings. The van der Waals surface area contributed by atoms with Crippen molar-refractivity contribution in [2.24, 2.45) is 0 Å². The Hall–Kier alpha value is -1.81. The van der Waals surface area contributed by atoms with Crippen LogP contribution >= 0.6 is 12.2 Å². The Labute approximate surface area is 182 Å². The van der Waals surface area contributed by atoms with Crippen molar-refractivity contribution in [2.45, 2.75) is 39.0 Å². The van der Waals surface area contributed by atoms with Gasteiger partial charge in [-0.05, 0) is 55.8 Å². The molecular weight excluding hydrogens is 405 g/mol. The van der Waals surface area contributed by atoms with Crippen LogP contribution in [0.2, 0.25) is 0 Å². The van der Waals surface area contributed by atoms with Gasteiger partial charge in [-0.25, -0.2) is 9.07 Å². The van der Waals surface area contributed by atoms with Crippen molar-refractivity contribution in [3.05, 3.63) is 40.3 Å². The van der Waals surface area contributed by atoms with Gasteiger partial charge in [0, 0.05) is 32.7 Å². The third kappa shape index (κ3) is 5.46. The number of benzene rings is 1. The van der Waals surface area contributed by atoms with Crippen LogP contribution in [0.4, 0.5) is 4.39 Å². The molecule has 0 atom stereocenters. The van der Waals surface area contributed by atoms with Gasteiger partial charge in [0.15, 0.2) is 11.6 Å². The Morgan fingerprint density at radius 3 is 2.40 bits per heavy atom. The molecule has 9 heteroatoms. The van der Waals surface area contributed by atoms with E-state index in [2.05, 4.69) is 19.8 Å². The third-order valence-electron chi connectivity index (χ3n) is 5.88. The second-order valence-corrected chi connectivity index (χ2v) is 8.45. The van der Waals surface area contributed by atoms with Crippen LogP contribution in [0, 0.1) is 10.7 Å². The SMILES string of the molecule is COc1ccc(CN2CCN(Cn3nc(CN4CCCCC4)oc3=S)CC2)cc1F. The maximum absolute atomic E-state index is 13.9. The van der Waals surface area contributed by atoms with Crippen LogP contribution in [0.25, 0.3) is 0 Å². The summed E-state index contributed by atoms with van der Waals surface area (Å²) in [5.41, 5.74) is 0.961. The fourth-order valence-corrected chi connectivity index (χ4v) is 4.35. The van der Waals surface area contributed by atoms with Gasteiger partial charge < -0.3 is 9.15 Å². The molecule has 3 heterocycles. The predicted octanol–water partition coefficient (Wildman–Crippen LogP) is 3.11. The highest BCUT2D eigenvalue weighted by molar-refractivity contribution is 7.71. The number of aromatic nitrogens is 2. The largest absolute Gasteiger partial charge is 0.494 e. The average Bonchev–Trinajstić information content (AvgIpc) is 3.09. The Morgan fingerprint density at radius 2 is 1.70 bits per heavy atom. The summed E-state index contributed by atoms with van der Waals surface area (Å²) in [7, 11) is 1.48. The van der Waals surface area contributed by atoms with Crippen LogP contribution in [0.15, 0.2) is 22.6 Å². The lowest BCUT2D eigenvalue weighted by atomic mass is 10.1. The molecule has 2 aromatic rings. The average molecular weight is 436 g/mol. The Bertz CT molecular complexity index is 888. The van der Waals surface area contributed by atoms with Crippen molar-refractivity contribution in [3.63, 3.8) is 0 Å². The highest BCUT2D eigenvalue weighted by atomic mass is 32.1. The molecule has 0 saturated carbocycles. The highest BCUT2D eigenvalue weighted by Crippen LogP contribution is 2.19. The van der Waals surface area contributed by atoms with E-state index in [1.54, 1.807) is 16.8 Å². The Balaban J connectivity index is 1.26. The van der Waals surface area contributed by atoms with E-state index >= 15 is 0 Å². The Morgan fingerprint density at radius 1 is 1.00 bits per heavy atom. The molecule has 0 amide bonds. The molecule has 2 aliphatic heterocycles. The Kier molecular flexibility index (Phi) is 7.14. The van der Waals surface area contributed by atoms with Gasteiger partial charge in [0.05, 0.1) is 20.3 Å². The van der Waals surface area contributed by atoms with E-state index in [-0.39, 0.29) is 11.6 Å². The van der Waals surface area contributed by atoms with E-state index in [9.17, 15) is 4.39 Å². The number of halogens is 1. The summed E-state index contributed by atoms with van der Waals surface area (Å²) in [6.07, 6.45) is 3.80. The topological polar surface area (TPSA) is 49.9 Å². The fourth-order valence-electron chi connectivity index (χ4n) is 4.16. The number of piperazine rings is 1. The van der Waals surface area contributed by atoms with E-state index in [0.717, 1.165) is 57.9 Å². The molecule has 0 unspecified atom stereocenters. The summed E-state index contributed by atoms with van der Waals surface area (Å²) < 4.78 is 26.4. The second kappa shape index (κ2) is 10.00. The van der Waals surface area contributed by atoms with Gasteiger partial charge in [-0.2, -0.15) is 0 Å². The second-order valence-electron chi connectivity index (χ2n) is 8.10. The number of methoxy groups -OCH3 is 1. The molecule has 0 bridgehead atoms. The van der Waals surface area contributed by atoms with E-state index < -0.39 is 0 Å². The van der Waals surface area contributed by atoms with E-state index in [1.807, 2.05) is 6.07 Å². The summed E-state index contributed by atoms with van der Waals surface area (Å²) in [4.78, 5) is 7.49. The lowest BCUT2D eigenvalue weighted by Crippen LogP contribution is -2.46.